The first kappa shape index (κ1) is 24.1. The number of nitrogens with zero attached hydrogens (tertiary/aromatic N) is 2. The fourth-order valence-corrected chi connectivity index (χ4v) is 4.90. The average molecular weight is 566 g/mol. The highest BCUT2D eigenvalue weighted by Gasteiger charge is 2.32. The number of ether oxygens (including phenoxy) is 2. The predicted octanol–water partition coefficient (Wildman–Crippen LogP) is 5.41. The van der Waals surface area contributed by atoms with E-state index in [4.69, 9.17) is 9.47 Å². The Hall–Kier alpha value is -2.53. The van der Waals surface area contributed by atoms with Gasteiger partial charge in [-0.1, -0.05) is 6.07 Å². The van der Waals surface area contributed by atoms with Gasteiger partial charge in [0, 0.05) is 6.54 Å². The van der Waals surface area contributed by atoms with Crippen LogP contribution >= 0.6 is 34.4 Å². The van der Waals surface area contributed by atoms with Crippen LogP contribution in [-0.2, 0) is 4.79 Å². The molecule has 1 amide bonds. The Kier molecular flexibility index (Phi) is 8.19. The summed E-state index contributed by atoms with van der Waals surface area (Å²) in [4.78, 5) is 30.9. The van der Waals surface area contributed by atoms with Crippen LogP contribution in [0.4, 0.5) is 5.69 Å². The van der Waals surface area contributed by atoms with Crippen LogP contribution < -0.4 is 9.47 Å². The molecule has 2 aromatic rings. The lowest BCUT2D eigenvalue weighted by Gasteiger charge is -2.14. The zero-order valence-corrected chi connectivity index (χ0v) is 20.9. The number of benzene rings is 2. The maximum Gasteiger partial charge on any atom is 0.335 e. The number of amidine groups is 1. The van der Waals surface area contributed by atoms with Gasteiger partial charge in [-0.3, -0.25) is 9.69 Å². The van der Waals surface area contributed by atoms with E-state index in [1.807, 2.05) is 39.0 Å². The van der Waals surface area contributed by atoms with Crippen LogP contribution in [0.1, 0.15) is 36.7 Å². The number of amides is 1. The lowest BCUT2D eigenvalue weighted by atomic mass is 10.2. The molecule has 1 heterocycles. The Morgan fingerprint density at radius 2 is 1.94 bits per heavy atom. The normalized spacial score (nSPS) is 16.1. The number of likely N-dealkylation sites (N-methyl/N-ethyl adjacent to an activating group) is 1. The molecule has 0 saturated carbocycles. The summed E-state index contributed by atoms with van der Waals surface area (Å²) in [6, 6.07) is 10.1. The molecule has 3 rings (SSSR count). The van der Waals surface area contributed by atoms with E-state index in [-0.39, 0.29) is 11.5 Å². The largest absolute Gasteiger partial charge is 0.490 e. The zero-order valence-electron chi connectivity index (χ0n) is 17.9. The summed E-state index contributed by atoms with van der Waals surface area (Å²) >= 11 is 3.46. The second-order valence-corrected chi connectivity index (χ2v) is 8.78. The van der Waals surface area contributed by atoms with Crippen molar-refractivity contribution in [2.45, 2.75) is 20.8 Å². The standard InChI is InChI=1S/C23H23IN2O5S/c1-4-26-21(27)19(32-23(26)25-16-9-7-8-15(13-16)22(28)29)12-14-10-17(24)20(31-6-3)18(11-14)30-5-2/h7-13H,4-6H2,1-3H3,(H,28,29). The first-order chi connectivity index (χ1) is 15.4. The van der Waals surface area contributed by atoms with Crippen LogP contribution in [0, 0.1) is 3.57 Å². The summed E-state index contributed by atoms with van der Waals surface area (Å²) < 4.78 is 12.4. The third-order valence-corrected chi connectivity index (χ3v) is 6.25. The number of aliphatic imine (C=N–C) groups is 1. The molecule has 1 aliphatic rings. The van der Waals surface area contributed by atoms with Gasteiger partial charge in [0.1, 0.15) is 0 Å². The van der Waals surface area contributed by atoms with Gasteiger partial charge >= 0.3 is 5.97 Å². The van der Waals surface area contributed by atoms with E-state index in [1.165, 1.54) is 23.9 Å². The molecule has 0 spiro atoms. The Morgan fingerprint density at radius 1 is 1.19 bits per heavy atom. The molecule has 1 aliphatic heterocycles. The highest BCUT2D eigenvalue weighted by molar-refractivity contribution is 14.1. The lowest BCUT2D eigenvalue weighted by Crippen LogP contribution is -2.28. The van der Waals surface area contributed by atoms with Gasteiger partial charge in [0.2, 0.25) is 0 Å². The Bertz CT molecular complexity index is 1100. The van der Waals surface area contributed by atoms with Gasteiger partial charge in [-0.15, -0.1) is 0 Å². The van der Waals surface area contributed by atoms with Gasteiger partial charge < -0.3 is 14.6 Å². The van der Waals surface area contributed by atoms with E-state index in [2.05, 4.69) is 27.6 Å². The fraction of sp³-hybridized carbons (Fsp3) is 0.261. The van der Waals surface area contributed by atoms with Gasteiger partial charge in [0.25, 0.3) is 5.91 Å². The highest BCUT2D eigenvalue weighted by Crippen LogP contribution is 2.38. The summed E-state index contributed by atoms with van der Waals surface area (Å²) in [5.41, 5.74) is 1.45. The van der Waals surface area contributed by atoms with E-state index >= 15 is 0 Å². The van der Waals surface area contributed by atoms with E-state index in [0.717, 1.165) is 9.13 Å². The molecule has 0 atom stereocenters. The van der Waals surface area contributed by atoms with E-state index in [0.29, 0.717) is 47.0 Å². The first-order valence-electron chi connectivity index (χ1n) is 10.1. The second kappa shape index (κ2) is 10.9. The molecule has 0 radical (unpaired) electrons. The molecular formula is C23H23IN2O5S. The number of hydrogen-bond acceptors (Lipinski definition) is 6. The number of carboxylic acid groups (broad SMARTS) is 1. The molecule has 7 nitrogen and oxygen atoms in total. The Labute approximate surface area is 204 Å². The van der Waals surface area contributed by atoms with Gasteiger partial charge in [0.05, 0.1) is 32.9 Å². The number of rotatable bonds is 8. The van der Waals surface area contributed by atoms with Crippen molar-refractivity contribution in [2.24, 2.45) is 4.99 Å². The SMILES string of the molecule is CCOc1cc(C=C2SC(=Nc3cccc(C(=O)O)c3)N(CC)C2=O)cc(I)c1OCC. The summed E-state index contributed by atoms with van der Waals surface area (Å²) in [6.45, 7) is 7.18. The van der Waals surface area contributed by atoms with Crippen molar-refractivity contribution in [1.29, 1.82) is 0 Å². The van der Waals surface area contributed by atoms with Crippen molar-refractivity contribution in [3.05, 3.63) is 56.0 Å². The molecule has 1 N–H and O–H groups in total. The van der Waals surface area contributed by atoms with Crippen molar-refractivity contribution >= 4 is 63.2 Å². The van der Waals surface area contributed by atoms with Crippen molar-refractivity contribution in [1.82, 2.24) is 4.90 Å². The number of hydrogen-bond donors (Lipinski definition) is 1. The number of thioether (sulfide) groups is 1. The van der Waals surface area contributed by atoms with E-state index in [9.17, 15) is 14.7 Å². The van der Waals surface area contributed by atoms with E-state index < -0.39 is 5.97 Å². The van der Waals surface area contributed by atoms with Gasteiger partial charge in [-0.05, 0) is 97.1 Å². The van der Waals surface area contributed by atoms with Gasteiger partial charge in [-0.25, -0.2) is 9.79 Å². The maximum atomic E-state index is 13.0. The molecule has 32 heavy (non-hydrogen) atoms. The minimum absolute atomic E-state index is 0.146. The molecule has 0 unspecified atom stereocenters. The molecule has 1 saturated heterocycles. The molecule has 2 aromatic carbocycles. The topological polar surface area (TPSA) is 88.4 Å². The quantitative estimate of drug-likeness (QED) is 0.340. The van der Waals surface area contributed by atoms with Crippen molar-refractivity contribution in [3.63, 3.8) is 0 Å². The molecule has 168 valence electrons. The Balaban J connectivity index is 1.97. The Morgan fingerprint density at radius 3 is 2.59 bits per heavy atom. The minimum Gasteiger partial charge on any atom is -0.490 e. The van der Waals surface area contributed by atoms with Crippen molar-refractivity contribution in [2.75, 3.05) is 19.8 Å². The van der Waals surface area contributed by atoms with Crippen LogP contribution in [0.3, 0.4) is 0 Å². The fourth-order valence-electron chi connectivity index (χ4n) is 3.06. The van der Waals surface area contributed by atoms with Gasteiger partial charge in [-0.2, -0.15) is 0 Å². The maximum absolute atomic E-state index is 13.0. The second-order valence-electron chi connectivity index (χ2n) is 6.61. The zero-order chi connectivity index (χ0) is 23.3. The monoisotopic (exact) mass is 566 g/mol. The summed E-state index contributed by atoms with van der Waals surface area (Å²) in [5, 5.41) is 9.72. The van der Waals surface area contributed by atoms with Crippen LogP contribution in [0.2, 0.25) is 0 Å². The van der Waals surface area contributed by atoms with Crippen molar-refractivity contribution < 1.29 is 24.2 Å². The molecule has 0 aromatic heterocycles. The highest BCUT2D eigenvalue weighted by atomic mass is 127. The lowest BCUT2D eigenvalue weighted by molar-refractivity contribution is -0.122. The first-order valence-corrected chi connectivity index (χ1v) is 12.0. The molecule has 9 heteroatoms. The van der Waals surface area contributed by atoms with Crippen molar-refractivity contribution in [3.8, 4) is 11.5 Å². The number of carbonyl (C=O) groups is 2. The smallest absolute Gasteiger partial charge is 0.335 e. The minimum atomic E-state index is -1.02. The third-order valence-electron chi connectivity index (χ3n) is 4.44. The van der Waals surface area contributed by atoms with Crippen LogP contribution in [0.15, 0.2) is 46.3 Å². The summed E-state index contributed by atoms with van der Waals surface area (Å²) in [5.74, 6) is 0.159. The third kappa shape index (κ3) is 5.44. The van der Waals surface area contributed by atoms with E-state index in [1.54, 1.807) is 17.0 Å². The number of aromatic carboxylic acids is 1. The summed E-state index contributed by atoms with van der Waals surface area (Å²) in [7, 11) is 0. The van der Waals surface area contributed by atoms with Crippen LogP contribution in [-0.4, -0.2) is 46.8 Å². The molecule has 1 fully saturated rings. The summed E-state index contributed by atoms with van der Waals surface area (Å²) in [6.07, 6.45) is 1.81. The van der Waals surface area contributed by atoms with Crippen LogP contribution in [0.25, 0.3) is 6.08 Å². The molecule has 0 aliphatic carbocycles. The number of halogens is 1. The predicted molar refractivity (Wildman–Crippen MR) is 135 cm³/mol. The number of carbonyl (C=O) groups excluding carboxylic acids is 1. The average Bonchev–Trinajstić information content (AvgIpc) is 3.04. The molecule has 0 bridgehead atoms. The molecular weight excluding hydrogens is 543 g/mol. The number of carboxylic acids is 1. The van der Waals surface area contributed by atoms with Gasteiger partial charge in [0.15, 0.2) is 16.7 Å². The van der Waals surface area contributed by atoms with Crippen LogP contribution in [0.5, 0.6) is 11.5 Å².